The monoisotopic (exact) mass is 352 g/mol. The standard InChI is InChI=1S/C16H20N2O3S2/c1-2-18-14-6-5-12(9-15(14)22-16(18)19)23(20,21)17-13-8-10-3-4-11(13)7-10/h5-6,9-11,13,17H,2-4,7-8H2,1H3/t10-,11-,13-/m1/s1. The number of rotatable bonds is 4. The molecule has 2 bridgehead atoms. The summed E-state index contributed by atoms with van der Waals surface area (Å²) in [5.74, 6) is 1.19. The molecule has 2 saturated carbocycles. The van der Waals surface area contributed by atoms with Gasteiger partial charge in [0.25, 0.3) is 0 Å². The van der Waals surface area contributed by atoms with E-state index in [9.17, 15) is 13.2 Å². The summed E-state index contributed by atoms with van der Waals surface area (Å²) < 4.78 is 30.6. The van der Waals surface area contributed by atoms with E-state index in [1.54, 1.807) is 22.8 Å². The van der Waals surface area contributed by atoms with Gasteiger partial charge in [0.15, 0.2) is 0 Å². The Kier molecular flexibility index (Phi) is 3.62. The number of aryl methyl sites for hydroxylation is 1. The third-order valence-electron chi connectivity index (χ3n) is 5.31. The molecule has 2 aliphatic rings. The van der Waals surface area contributed by atoms with Crippen LogP contribution in [-0.4, -0.2) is 19.0 Å². The number of hydrogen-bond acceptors (Lipinski definition) is 4. The molecule has 5 nitrogen and oxygen atoms in total. The molecule has 0 unspecified atom stereocenters. The molecule has 3 atom stereocenters. The van der Waals surface area contributed by atoms with Gasteiger partial charge in [-0.1, -0.05) is 17.8 Å². The van der Waals surface area contributed by atoms with Crippen molar-refractivity contribution in [2.75, 3.05) is 0 Å². The third kappa shape index (κ3) is 2.55. The number of nitrogens with zero attached hydrogens (tertiary/aromatic N) is 1. The summed E-state index contributed by atoms with van der Waals surface area (Å²) in [5.41, 5.74) is 0.807. The highest BCUT2D eigenvalue weighted by Gasteiger charge is 2.41. The van der Waals surface area contributed by atoms with Gasteiger partial charge in [-0.15, -0.1) is 0 Å². The third-order valence-corrected chi connectivity index (χ3v) is 7.74. The summed E-state index contributed by atoms with van der Waals surface area (Å²) in [4.78, 5) is 12.1. The van der Waals surface area contributed by atoms with E-state index in [1.807, 2.05) is 6.92 Å². The second-order valence-corrected chi connectivity index (χ2v) is 9.35. The zero-order chi connectivity index (χ0) is 16.2. The molecule has 2 fully saturated rings. The Labute approximate surface area is 139 Å². The van der Waals surface area contributed by atoms with E-state index in [1.165, 1.54) is 6.42 Å². The molecule has 2 aromatic rings. The molecule has 0 amide bonds. The molecule has 124 valence electrons. The highest BCUT2D eigenvalue weighted by atomic mass is 32.2. The number of aromatic nitrogens is 1. The van der Waals surface area contributed by atoms with E-state index in [0.29, 0.717) is 18.4 Å². The van der Waals surface area contributed by atoms with Gasteiger partial charge in [-0.05, 0) is 56.2 Å². The van der Waals surface area contributed by atoms with Crippen molar-refractivity contribution in [3.05, 3.63) is 27.9 Å². The van der Waals surface area contributed by atoms with Crippen LogP contribution in [0.3, 0.4) is 0 Å². The molecule has 7 heteroatoms. The fourth-order valence-electron chi connectivity index (χ4n) is 4.17. The lowest BCUT2D eigenvalue weighted by Gasteiger charge is -2.22. The first-order chi connectivity index (χ1) is 11.0. The highest BCUT2D eigenvalue weighted by molar-refractivity contribution is 7.89. The summed E-state index contributed by atoms with van der Waals surface area (Å²) in [6.45, 7) is 2.50. The second kappa shape index (κ2) is 5.43. The summed E-state index contributed by atoms with van der Waals surface area (Å²) in [5, 5.41) is 0. The predicted molar refractivity (Wildman–Crippen MR) is 91.3 cm³/mol. The van der Waals surface area contributed by atoms with Gasteiger partial charge in [0.1, 0.15) is 0 Å². The number of hydrogen-bond donors (Lipinski definition) is 1. The number of sulfonamides is 1. The maximum absolute atomic E-state index is 12.7. The molecule has 1 aromatic heterocycles. The summed E-state index contributed by atoms with van der Waals surface area (Å²) in [6.07, 6.45) is 4.50. The lowest BCUT2D eigenvalue weighted by Crippen LogP contribution is -2.38. The molecule has 2 aliphatic carbocycles. The Balaban J connectivity index is 1.66. The Bertz CT molecular complexity index is 913. The summed E-state index contributed by atoms with van der Waals surface area (Å²) in [7, 11) is -3.52. The number of thiazole rings is 1. The van der Waals surface area contributed by atoms with Crippen LogP contribution >= 0.6 is 11.3 Å². The highest BCUT2D eigenvalue weighted by Crippen LogP contribution is 2.44. The minimum absolute atomic E-state index is 0.0434. The van der Waals surface area contributed by atoms with Crippen LogP contribution in [0.4, 0.5) is 0 Å². The first kappa shape index (κ1) is 15.4. The summed E-state index contributed by atoms with van der Waals surface area (Å²) in [6, 6.07) is 5.05. The van der Waals surface area contributed by atoms with Crippen molar-refractivity contribution in [2.45, 2.75) is 50.1 Å². The predicted octanol–water partition coefficient (Wildman–Crippen LogP) is 2.55. The van der Waals surface area contributed by atoms with E-state index >= 15 is 0 Å². The van der Waals surface area contributed by atoms with E-state index in [4.69, 9.17) is 0 Å². The Hall–Kier alpha value is -1.18. The van der Waals surface area contributed by atoms with Crippen molar-refractivity contribution in [2.24, 2.45) is 11.8 Å². The van der Waals surface area contributed by atoms with Gasteiger partial charge in [-0.3, -0.25) is 9.36 Å². The van der Waals surface area contributed by atoms with Gasteiger partial charge < -0.3 is 0 Å². The van der Waals surface area contributed by atoms with Gasteiger partial charge in [0, 0.05) is 12.6 Å². The van der Waals surface area contributed by atoms with Crippen LogP contribution < -0.4 is 9.60 Å². The minimum Gasteiger partial charge on any atom is -0.299 e. The maximum atomic E-state index is 12.7. The second-order valence-electron chi connectivity index (χ2n) is 6.64. The van der Waals surface area contributed by atoms with Gasteiger partial charge >= 0.3 is 4.87 Å². The fraction of sp³-hybridized carbons (Fsp3) is 0.562. The summed E-state index contributed by atoms with van der Waals surface area (Å²) >= 11 is 1.10. The quantitative estimate of drug-likeness (QED) is 0.919. The fourth-order valence-corrected chi connectivity index (χ4v) is 6.58. The van der Waals surface area contributed by atoms with Crippen LogP contribution in [-0.2, 0) is 16.6 Å². The Morgan fingerprint density at radius 1 is 1.30 bits per heavy atom. The molecular weight excluding hydrogens is 332 g/mol. The van der Waals surface area contributed by atoms with E-state index in [2.05, 4.69) is 4.72 Å². The van der Waals surface area contributed by atoms with E-state index < -0.39 is 10.0 Å². The first-order valence-corrected chi connectivity index (χ1v) is 10.4. The molecule has 0 radical (unpaired) electrons. The van der Waals surface area contributed by atoms with Gasteiger partial charge in [0.2, 0.25) is 10.0 Å². The average molecular weight is 352 g/mol. The zero-order valence-electron chi connectivity index (χ0n) is 13.0. The Morgan fingerprint density at radius 2 is 2.13 bits per heavy atom. The number of benzene rings is 1. The normalized spacial score (nSPS) is 27.1. The van der Waals surface area contributed by atoms with E-state index in [0.717, 1.165) is 40.8 Å². The van der Waals surface area contributed by atoms with Crippen molar-refractivity contribution in [1.82, 2.24) is 9.29 Å². The first-order valence-electron chi connectivity index (χ1n) is 8.13. The van der Waals surface area contributed by atoms with Crippen molar-refractivity contribution in [3.8, 4) is 0 Å². The van der Waals surface area contributed by atoms with Crippen LogP contribution in [0.5, 0.6) is 0 Å². The van der Waals surface area contributed by atoms with Crippen molar-refractivity contribution < 1.29 is 8.42 Å². The van der Waals surface area contributed by atoms with Crippen molar-refractivity contribution in [1.29, 1.82) is 0 Å². The van der Waals surface area contributed by atoms with Gasteiger partial charge in [0.05, 0.1) is 15.1 Å². The largest absolute Gasteiger partial charge is 0.308 e. The molecule has 0 saturated heterocycles. The lowest BCUT2D eigenvalue weighted by atomic mass is 9.96. The molecule has 1 N–H and O–H groups in total. The van der Waals surface area contributed by atoms with Crippen LogP contribution in [0.25, 0.3) is 10.2 Å². The molecule has 0 spiro atoms. The molecule has 23 heavy (non-hydrogen) atoms. The van der Waals surface area contributed by atoms with Crippen molar-refractivity contribution in [3.63, 3.8) is 0 Å². The SMILES string of the molecule is CCn1c(=O)sc2cc(S(=O)(=O)N[C@@H]3C[C@@H]4CC[C@@H]3C4)ccc21. The molecule has 1 heterocycles. The zero-order valence-corrected chi connectivity index (χ0v) is 14.6. The van der Waals surface area contributed by atoms with Gasteiger partial charge in [-0.25, -0.2) is 13.1 Å². The molecular formula is C16H20N2O3S2. The van der Waals surface area contributed by atoms with Crippen LogP contribution in [0.15, 0.2) is 27.9 Å². The van der Waals surface area contributed by atoms with E-state index in [-0.39, 0.29) is 15.8 Å². The molecule has 1 aromatic carbocycles. The maximum Gasteiger partial charge on any atom is 0.308 e. The molecule has 0 aliphatic heterocycles. The van der Waals surface area contributed by atoms with Crippen LogP contribution in [0, 0.1) is 11.8 Å². The average Bonchev–Trinajstić information content (AvgIpc) is 3.18. The van der Waals surface area contributed by atoms with Crippen LogP contribution in [0.1, 0.15) is 32.6 Å². The Morgan fingerprint density at radius 3 is 2.78 bits per heavy atom. The van der Waals surface area contributed by atoms with Gasteiger partial charge in [-0.2, -0.15) is 0 Å². The topological polar surface area (TPSA) is 68.2 Å². The van der Waals surface area contributed by atoms with Crippen molar-refractivity contribution >= 4 is 31.6 Å². The van der Waals surface area contributed by atoms with Crippen LogP contribution in [0.2, 0.25) is 0 Å². The smallest absolute Gasteiger partial charge is 0.299 e. The number of nitrogens with one attached hydrogen (secondary N) is 1. The molecule has 4 rings (SSSR count). The minimum atomic E-state index is -3.52. The number of fused-ring (bicyclic) bond motifs is 3. The lowest BCUT2D eigenvalue weighted by molar-refractivity contribution is 0.390.